The lowest BCUT2D eigenvalue weighted by atomic mass is 9.66. The lowest BCUT2D eigenvalue weighted by Gasteiger charge is -2.41. The second kappa shape index (κ2) is 15.1. The normalized spacial score (nSPS) is 14.4. The van der Waals surface area contributed by atoms with Crippen molar-refractivity contribution in [3.05, 3.63) is 293 Å². The highest BCUT2D eigenvalue weighted by molar-refractivity contribution is 7.99. The summed E-state index contributed by atoms with van der Waals surface area (Å²) < 4.78 is 9.52. The van der Waals surface area contributed by atoms with E-state index in [1.165, 1.54) is 96.7 Å². The third-order valence-corrected chi connectivity index (χ3v) is 18.3. The summed E-state index contributed by atoms with van der Waals surface area (Å²) in [7, 11) is 0. The van der Waals surface area contributed by atoms with E-state index < -0.39 is 10.8 Å². The zero-order valence-corrected chi connectivity index (χ0v) is 40.5. The van der Waals surface area contributed by atoms with Crippen LogP contribution in [0.25, 0.3) is 53.6 Å². The number of hydrogen-bond donors (Lipinski definition) is 0. The van der Waals surface area contributed by atoms with Crippen LogP contribution in [0.15, 0.2) is 259 Å². The zero-order valence-electron chi connectivity index (χ0n) is 38.8. The van der Waals surface area contributed by atoms with Crippen LogP contribution in [0.1, 0.15) is 44.5 Å². The van der Waals surface area contributed by atoms with Crippen LogP contribution >= 0.6 is 23.1 Å². The smallest absolute Gasteiger partial charge is 0.132 e. The Bertz CT molecular complexity index is 4170. The maximum absolute atomic E-state index is 7.00. The number of benzene rings is 11. The first-order valence-corrected chi connectivity index (χ1v) is 26.4. The van der Waals surface area contributed by atoms with Crippen molar-refractivity contribution in [3.8, 4) is 44.9 Å². The lowest BCUT2D eigenvalue weighted by molar-refractivity contribution is 0.436. The van der Waals surface area contributed by atoms with Crippen molar-refractivity contribution in [2.45, 2.75) is 20.6 Å². The second-order valence-corrected chi connectivity index (χ2v) is 21.5. The first-order valence-electron chi connectivity index (χ1n) is 24.7. The molecule has 4 aliphatic rings. The summed E-state index contributed by atoms with van der Waals surface area (Å²) in [5.74, 6) is 1.76. The largest absolute Gasteiger partial charge is 0.457 e. The van der Waals surface area contributed by atoms with Crippen LogP contribution in [-0.2, 0) is 10.8 Å². The van der Waals surface area contributed by atoms with Crippen LogP contribution in [0, 0.1) is 0 Å². The number of anilines is 3. The van der Waals surface area contributed by atoms with E-state index in [-0.39, 0.29) is 0 Å². The summed E-state index contributed by atoms with van der Waals surface area (Å²) in [5, 5.41) is 2.54. The Kier molecular flexibility index (Phi) is 8.43. The Labute approximate surface area is 426 Å². The van der Waals surface area contributed by atoms with Crippen molar-refractivity contribution in [2.75, 3.05) is 4.90 Å². The molecule has 0 amide bonds. The van der Waals surface area contributed by atoms with Gasteiger partial charge in [-0.1, -0.05) is 206 Å². The molecule has 11 aromatic carbocycles. The van der Waals surface area contributed by atoms with Gasteiger partial charge in [-0.25, -0.2) is 0 Å². The van der Waals surface area contributed by atoms with Gasteiger partial charge in [-0.15, -0.1) is 11.3 Å². The molecule has 0 radical (unpaired) electrons. The molecule has 72 heavy (non-hydrogen) atoms. The highest BCUT2D eigenvalue weighted by Crippen LogP contribution is 2.65. The number of para-hydroxylation sites is 1. The molecule has 12 aromatic rings. The third kappa shape index (κ3) is 5.25. The van der Waals surface area contributed by atoms with Gasteiger partial charge in [0.15, 0.2) is 0 Å². The van der Waals surface area contributed by atoms with E-state index in [0.29, 0.717) is 0 Å². The number of hydrogen-bond acceptors (Lipinski definition) is 4. The average molecular weight is 952 g/mol. The molecule has 2 aliphatic carbocycles. The van der Waals surface area contributed by atoms with E-state index in [4.69, 9.17) is 4.74 Å². The molecule has 3 heterocycles. The maximum atomic E-state index is 7.00. The van der Waals surface area contributed by atoms with Crippen molar-refractivity contribution >= 4 is 60.3 Å². The van der Waals surface area contributed by atoms with E-state index in [0.717, 1.165) is 39.7 Å². The van der Waals surface area contributed by atoms with Crippen molar-refractivity contribution in [2.24, 2.45) is 0 Å². The predicted octanol–water partition coefficient (Wildman–Crippen LogP) is 18.5. The fourth-order valence-electron chi connectivity index (χ4n) is 13.3. The number of rotatable bonds is 4. The van der Waals surface area contributed by atoms with E-state index in [1.54, 1.807) is 0 Å². The minimum atomic E-state index is -0.613. The van der Waals surface area contributed by atoms with Crippen molar-refractivity contribution < 1.29 is 4.74 Å². The Morgan fingerprint density at radius 3 is 1.56 bits per heavy atom. The predicted molar refractivity (Wildman–Crippen MR) is 298 cm³/mol. The van der Waals surface area contributed by atoms with Gasteiger partial charge in [-0.05, 0) is 121 Å². The van der Waals surface area contributed by atoms with Crippen LogP contribution in [-0.4, -0.2) is 0 Å². The third-order valence-electron chi connectivity index (χ3n) is 16.0. The van der Waals surface area contributed by atoms with E-state index in [1.807, 2.05) is 23.1 Å². The molecule has 0 saturated carbocycles. The summed E-state index contributed by atoms with van der Waals surface area (Å²) in [4.78, 5) is 5.07. The van der Waals surface area contributed by atoms with Crippen LogP contribution in [0.2, 0.25) is 0 Å². The molecule has 16 rings (SSSR count). The highest BCUT2D eigenvalue weighted by Gasteiger charge is 2.52. The molecule has 0 unspecified atom stereocenters. The molecule has 2 spiro atoms. The number of thiophene rings is 1. The Balaban J connectivity index is 0.980. The lowest BCUT2D eigenvalue weighted by Crippen LogP contribution is -2.32. The second-order valence-electron chi connectivity index (χ2n) is 19.4. The van der Waals surface area contributed by atoms with Crippen molar-refractivity contribution in [1.82, 2.24) is 0 Å². The summed E-state index contributed by atoms with van der Waals surface area (Å²) >= 11 is 3.77. The van der Waals surface area contributed by atoms with Gasteiger partial charge >= 0.3 is 0 Å². The van der Waals surface area contributed by atoms with Crippen LogP contribution < -0.4 is 9.64 Å². The Morgan fingerprint density at radius 2 is 0.861 bits per heavy atom. The maximum Gasteiger partial charge on any atom is 0.132 e. The minimum absolute atomic E-state index is 0.473. The van der Waals surface area contributed by atoms with Gasteiger partial charge in [0.2, 0.25) is 0 Å². The fraction of sp³-hybridized carbons (Fsp3) is 0.0294. The van der Waals surface area contributed by atoms with Gasteiger partial charge in [0.1, 0.15) is 11.5 Å². The summed E-state index contributed by atoms with van der Waals surface area (Å²) in [5.41, 5.74) is 20.0. The van der Waals surface area contributed by atoms with E-state index in [2.05, 4.69) is 254 Å². The molecule has 0 fully saturated rings. The quantitative estimate of drug-likeness (QED) is 0.174. The monoisotopic (exact) mass is 951 g/mol. The molecule has 0 bridgehead atoms. The summed E-state index contributed by atoms with van der Waals surface area (Å²) in [6.07, 6.45) is 0. The Hall–Kier alpha value is -8.41. The van der Waals surface area contributed by atoms with Crippen molar-refractivity contribution in [3.63, 3.8) is 0 Å². The molecule has 1 aromatic heterocycles. The minimum Gasteiger partial charge on any atom is -0.457 e. The van der Waals surface area contributed by atoms with Gasteiger partial charge in [-0.2, -0.15) is 0 Å². The van der Waals surface area contributed by atoms with Gasteiger partial charge in [0.05, 0.1) is 21.2 Å². The van der Waals surface area contributed by atoms with Gasteiger partial charge in [-0.3, -0.25) is 0 Å². The van der Waals surface area contributed by atoms with Crippen LogP contribution in [0.5, 0.6) is 11.5 Å². The molecular weight excluding hydrogens is 911 g/mol. The number of nitrogens with zero attached hydrogens (tertiary/aromatic N) is 1. The summed E-state index contributed by atoms with van der Waals surface area (Å²) in [6.45, 7) is 0. The molecule has 4 heteroatoms. The average Bonchev–Trinajstić information content (AvgIpc) is 4.08. The van der Waals surface area contributed by atoms with Gasteiger partial charge in [0.25, 0.3) is 0 Å². The topological polar surface area (TPSA) is 12.5 Å². The molecular formula is C68H41NOS2. The van der Waals surface area contributed by atoms with Crippen LogP contribution in [0.3, 0.4) is 0 Å². The first-order chi connectivity index (χ1) is 35.7. The standard InChI is InChI=1S/C68H41NOS2/c1-2-18-42(19-3-1)45-24-17-35-63-65(45)50-25-16-32-59(66(50)72-63)69(43-37-39-61-58(40-43)67(55-30-12-14-33-60(55)70-61)51-26-8-4-20-46(51)47-21-5-9-27-52(47)67)44-36-38-57-64(41-44)71-62-34-15-13-31-56(62)68(57)53-28-10-6-22-48(53)49-23-7-11-29-54(49)68/h1-41H. The molecule has 2 aliphatic heterocycles. The van der Waals surface area contributed by atoms with Crippen LogP contribution in [0.4, 0.5) is 17.1 Å². The van der Waals surface area contributed by atoms with Gasteiger partial charge in [0, 0.05) is 47.8 Å². The fourth-order valence-corrected chi connectivity index (χ4v) is 15.7. The molecule has 0 saturated heterocycles. The SMILES string of the molecule is c1ccc(-c2cccc3sc4c(N(c5ccc6c(c5)Sc5ccccc5C65c6ccccc6-c6ccccc65)c5ccc6c(c5)C5(c7ccccc7O6)c6ccccc6-c6ccccc65)cccc4c23)cc1. The first kappa shape index (κ1) is 40.3. The molecule has 0 N–H and O–H groups in total. The van der Waals surface area contributed by atoms with Gasteiger partial charge < -0.3 is 9.64 Å². The van der Waals surface area contributed by atoms with E-state index >= 15 is 0 Å². The summed E-state index contributed by atoms with van der Waals surface area (Å²) in [6, 6.07) is 92.7. The highest BCUT2D eigenvalue weighted by atomic mass is 32.2. The Morgan fingerprint density at radius 1 is 0.347 bits per heavy atom. The molecule has 0 atom stereocenters. The van der Waals surface area contributed by atoms with Crippen molar-refractivity contribution in [1.29, 1.82) is 0 Å². The zero-order chi connectivity index (χ0) is 47.1. The molecule has 2 nitrogen and oxygen atoms in total. The number of fused-ring (bicyclic) bond motifs is 21. The molecule has 336 valence electrons. The van der Waals surface area contributed by atoms with E-state index in [9.17, 15) is 0 Å². The number of ether oxygens (including phenoxy) is 1.